The summed E-state index contributed by atoms with van der Waals surface area (Å²) >= 11 is 0. The van der Waals surface area contributed by atoms with Gasteiger partial charge in [-0.05, 0) is 25.3 Å². The first-order valence-corrected chi connectivity index (χ1v) is 5.20. The first-order valence-electron chi connectivity index (χ1n) is 5.20. The third-order valence-corrected chi connectivity index (χ3v) is 2.31. The van der Waals surface area contributed by atoms with Crippen LogP contribution in [0.2, 0.25) is 0 Å². The zero-order chi connectivity index (χ0) is 10.6. The minimum Gasteiger partial charge on any atom is -0.478 e. The Morgan fingerprint density at radius 3 is 2.71 bits per heavy atom. The SMILES string of the molecule is CC.O=C(O)c1cc2n(c1)CCCC2. The van der Waals surface area contributed by atoms with Gasteiger partial charge in [0.2, 0.25) is 0 Å². The molecule has 1 aliphatic heterocycles. The zero-order valence-electron chi connectivity index (χ0n) is 8.79. The van der Waals surface area contributed by atoms with Crippen molar-refractivity contribution in [1.82, 2.24) is 4.57 Å². The van der Waals surface area contributed by atoms with Gasteiger partial charge in [-0.2, -0.15) is 0 Å². The van der Waals surface area contributed by atoms with E-state index in [0.29, 0.717) is 5.56 Å². The van der Waals surface area contributed by atoms with Gasteiger partial charge < -0.3 is 9.67 Å². The van der Waals surface area contributed by atoms with Gasteiger partial charge in [0, 0.05) is 18.4 Å². The van der Waals surface area contributed by atoms with Crippen LogP contribution in [0.4, 0.5) is 0 Å². The first-order chi connectivity index (χ1) is 6.77. The topological polar surface area (TPSA) is 42.2 Å². The Hall–Kier alpha value is -1.25. The van der Waals surface area contributed by atoms with Crippen LogP contribution in [-0.4, -0.2) is 15.6 Å². The Labute approximate surface area is 84.4 Å². The molecule has 1 N–H and O–H groups in total. The first kappa shape index (κ1) is 10.8. The highest BCUT2D eigenvalue weighted by atomic mass is 16.4. The van der Waals surface area contributed by atoms with E-state index in [2.05, 4.69) is 0 Å². The minimum absolute atomic E-state index is 0.423. The average Bonchev–Trinajstić information content (AvgIpc) is 2.64. The molecular weight excluding hydrogens is 178 g/mol. The molecule has 0 aromatic carbocycles. The summed E-state index contributed by atoms with van der Waals surface area (Å²) in [7, 11) is 0. The van der Waals surface area contributed by atoms with E-state index in [4.69, 9.17) is 5.11 Å². The lowest BCUT2D eigenvalue weighted by molar-refractivity contribution is 0.0697. The molecule has 0 saturated carbocycles. The molecule has 0 amide bonds. The number of aromatic carboxylic acids is 1. The van der Waals surface area contributed by atoms with E-state index in [9.17, 15) is 4.79 Å². The number of nitrogens with zero attached hydrogens (tertiary/aromatic N) is 1. The van der Waals surface area contributed by atoms with Crippen LogP contribution in [0.15, 0.2) is 12.3 Å². The van der Waals surface area contributed by atoms with Gasteiger partial charge in [-0.15, -0.1) is 0 Å². The predicted molar refractivity (Wildman–Crippen MR) is 55.7 cm³/mol. The normalized spacial score (nSPS) is 13.9. The fourth-order valence-electron chi connectivity index (χ4n) is 1.68. The van der Waals surface area contributed by atoms with Crippen molar-refractivity contribution in [1.29, 1.82) is 0 Å². The molecule has 0 unspecified atom stereocenters. The van der Waals surface area contributed by atoms with E-state index >= 15 is 0 Å². The third kappa shape index (κ3) is 2.16. The van der Waals surface area contributed by atoms with Gasteiger partial charge in [0.05, 0.1) is 5.56 Å². The highest BCUT2D eigenvalue weighted by Gasteiger charge is 2.13. The molecule has 0 atom stereocenters. The lowest BCUT2D eigenvalue weighted by Gasteiger charge is -2.13. The van der Waals surface area contributed by atoms with Crippen LogP contribution >= 0.6 is 0 Å². The number of aryl methyl sites for hydroxylation is 2. The molecule has 1 aromatic rings. The molecule has 0 fully saturated rings. The molecular formula is C11H17NO2. The Morgan fingerprint density at radius 2 is 2.14 bits per heavy atom. The monoisotopic (exact) mass is 195 g/mol. The highest BCUT2D eigenvalue weighted by Crippen LogP contribution is 2.17. The van der Waals surface area contributed by atoms with Crippen LogP contribution in [0.1, 0.15) is 42.7 Å². The van der Waals surface area contributed by atoms with Crippen molar-refractivity contribution in [3.8, 4) is 0 Å². The fourth-order valence-corrected chi connectivity index (χ4v) is 1.68. The summed E-state index contributed by atoms with van der Waals surface area (Å²) < 4.78 is 2.05. The second-order valence-electron chi connectivity index (χ2n) is 3.18. The maximum absolute atomic E-state index is 10.6. The number of carbonyl (C=O) groups is 1. The number of rotatable bonds is 1. The van der Waals surface area contributed by atoms with Crippen molar-refractivity contribution in [2.75, 3.05) is 0 Å². The summed E-state index contributed by atoms with van der Waals surface area (Å²) in [6, 6.07) is 1.78. The lowest BCUT2D eigenvalue weighted by Crippen LogP contribution is -2.07. The molecule has 0 radical (unpaired) electrons. The van der Waals surface area contributed by atoms with Crippen LogP contribution in [-0.2, 0) is 13.0 Å². The molecule has 1 aliphatic rings. The van der Waals surface area contributed by atoms with Crippen LogP contribution in [0.5, 0.6) is 0 Å². The van der Waals surface area contributed by atoms with Crippen molar-refractivity contribution in [2.24, 2.45) is 0 Å². The van der Waals surface area contributed by atoms with Crippen molar-refractivity contribution in [3.05, 3.63) is 23.5 Å². The van der Waals surface area contributed by atoms with Crippen LogP contribution in [0.3, 0.4) is 0 Å². The van der Waals surface area contributed by atoms with Crippen molar-refractivity contribution in [2.45, 2.75) is 39.7 Å². The van der Waals surface area contributed by atoms with Gasteiger partial charge in [-0.1, -0.05) is 13.8 Å². The molecule has 2 heterocycles. The second-order valence-corrected chi connectivity index (χ2v) is 3.18. The quantitative estimate of drug-likeness (QED) is 0.748. The molecule has 0 bridgehead atoms. The number of fused-ring (bicyclic) bond motifs is 1. The molecule has 0 aliphatic carbocycles. The third-order valence-electron chi connectivity index (χ3n) is 2.31. The van der Waals surface area contributed by atoms with Gasteiger partial charge in [0.1, 0.15) is 0 Å². The standard InChI is InChI=1S/C9H11NO2.C2H6/c11-9(12)7-5-8-3-1-2-4-10(8)6-7;1-2/h5-6H,1-4H2,(H,11,12);1-2H3. The van der Waals surface area contributed by atoms with E-state index in [1.54, 1.807) is 12.3 Å². The second kappa shape index (κ2) is 4.84. The molecule has 3 heteroatoms. The summed E-state index contributed by atoms with van der Waals surface area (Å²) in [4.78, 5) is 10.6. The van der Waals surface area contributed by atoms with Crippen LogP contribution in [0.25, 0.3) is 0 Å². The Morgan fingerprint density at radius 1 is 1.43 bits per heavy atom. The number of hydrogen-bond donors (Lipinski definition) is 1. The average molecular weight is 195 g/mol. The minimum atomic E-state index is -0.822. The van der Waals surface area contributed by atoms with Crippen molar-refractivity contribution < 1.29 is 9.90 Å². The van der Waals surface area contributed by atoms with Crippen molar-refractivity contribution >= 4 is 5.97 Å². The fraction of sp³-hybridized carbons (Fsp3) is 0.545. The van der Waals surface area contributed by atoms with Gasteiger partial charge >= 0.3 is 5.97 Å². The summed E-state index contributed by atoms with van der Waals surface area (Å²) in [6.45, 7) is 4.97. The van der Waals surface area contributed by atoms with E-state index in [-0.39, 0.29) is 0 Å². The van der Waals surface area contributed by atoms with Gasteiger partial charge in [0.25, 0.3) is 0 Å². The maximum Gasteiger partial charge on any atom is 0.337 e. The van der Waals surface area contributed by atoms with E-state index in [0.717, 1.165) is 13.0 Å². The predicted octanol–water partition coefficient (Wildman–Crippen LogP) is 2.55. The summed E-state index contributed by atoms with van der Waals surface area (Å²) in [6.07, 6.45) is 5.11. The molecule has 0 saturated heterocycles. The molecule has 14 heavy (non-hydrogen) atoms. The largest absolute Gasteiger partial charge is 0.478 e. The van der Waals surface area contributed by atoms with Crippen LogP contribution in [0, 0.1) is 0 Å². The molecule has 1 aromatic heterocycles. The molecule has 3 nitrogen and oxygen atoms in total. The van der Waals surface area contributed by atoms with Crippen molar-refractivity contribution in [3.63, 3.8) is 0 Å². The van der Waals surface area contributed by atoms with Gasteiger partial charge in [-0.3, -0.25) is 0 Å². The molecule has 78 valence electrons. The maximum atomic E-state index is 10.6. The summed E-state index contributed by atoms with van der Waals surface area (Å²) in [5.74, 6) is -0.822. The van der Waals surface area contributed by atoms with E-state index in [1.807, 2.05) is 18.4 Å². The number of aromatic nitrogens is 1. The Bertz CT molecular complexity index is 292. The van der Waals surface area contributed by atoms with Gasteiger partial charge in [0.15, 0.2) is 0 Å². The molecule has 2 rings (SSSR count). The molecule has 0 spiro atoms. The lowest BCUT2D eigenvalue weighted by atomic mass is 10.1. The number of carboxylic acid groups (broad SMARTS) is 1. The smallest absolute Gasteiger partial charge is 0.337 e. The Balaban J connectivity index is 0.000000461. The van der Waals surface area contributed by atoms with E-state index in [1.165, 1.54) is 18.5 Å². The number of hydrogen-bond acceptors (Lipinski definition) is 1. The van der Waals surface area contributed by atoms with Gasteiger partial charge in [-0.25, -0.2) is 4.79 Å². The highest BCUT2D eigenvalue weighted by molar-refractivity contribution is 5.87. The summed E-state index contributed by atoms with van der Waals surface area (Å²) in [5, 5.41) is 8.72. The van der Waals surface area contributed by atoms with Crippen LogP contribution < -0.4 is 0 Å². The zero-order valence-corrected chi connectivity index (χ0v) is 8.79. The number of carboxylic acids is 1. The Kier molecular flexibility index (Phi) is 3.74. The van der Waals surface area contributed by atoms with E-state index < -0.39 is 5.97 Å². The summed E-state index contributed by atoms with van der Waals surface area (Å²) in [5.41, 5.74) is 1.59.